The largest absolute Gasteiger partial charge is 0.493 e. The third kappa shape index (κ3) is 3.73. The van der Waals surface area contributed by atoms with Crippen LogP contribution in [0.15, 0.2) is 52.3 Å². The number of ether oxygens (including phenoxy) is 2. The maximum absolute atomic E-state index is 13.0. The molecule has 0 saturated carbocycles. The number of methoxy groups -OCH3 is 2. The molecular formula is C22H21N3O4S. The van der Waals surface area contributed by atoms with Gasteiger partial charge < -0.3 is 14.4 Å². The second kappa shape index (κ2) is 8.16. The van der Waals surface area contributed by atoms with Gasteiger partial charge in [0, 0.05) is 11.3 Å². The van der Waals surface area contributed by atoms with Crippen LogP contribution in [-0.4, -0.2) is 31.2 Å². The molecule has 0 atom stereocenters. The van der Waals surface area contributed by atoms with Gasteiger partial charge in [-0.25, -0.2) is 4.99 Å². The molecule has 4 rings (SSSR count). The van der Waals surface area contributed by atoms with Crippen molar-refractivity contribution in [2.24, 2.45) is 4.99 Å². The molecule has 1 aliphatic rings. The first kappa shape index (κ1) is 19.9. The molecule has 0 spiro atoms. The molecule has 3 aromatic rings. The third-order valence-electron chi connectivity index (χ3n) is 4.92. The van der Waals surface area contributed by atoms with Gasteiger partial charge in [0.2, 0.25) is 0 Å². The smallest absolute Gasteiger partial charge is 0.271 e. The summed E-state index contributed by atoms with van der Waals surface area (Å²) in [4.78, 5) is 31.7. The van der Waals surface area contributed by atoms with Crippen molar-refractivity contribution in [1.29, 1.82) is 0 Å². The van der Waals surface area contributed by atoms with E-state index in [1.165, 1.54) is 11.3 Å². The van der Waals surface area contributed by atoms with Crippen molar-refractivity contribution in [3.8, 4) is 11.5 Å². The minimum atomic E-state index is -0.0846. The maximum atomic E-state index is 13.0. The van der Waals surface area contributed by atoms with E-state index in [1.807, 2.05) is 41.3 Å². The van der Waals surface area contributed by atoms with Crippen molar-refractivity contribution in [1.82, 2.24) is 4.57 Å². The number of ketones is 1. The van der Waals surface area contributed by atoms with Crippen LogP contribution in [0, 0.1) is 0 Å². The molecule has 2 heterocycles. The summed E-state index contributed by atoms with van der Waals surface area (Å²) in [7, 11) is 3.17. The Hall–Kier alpha value is -3.39. The molecule has 1 aliphatic heterocycles. The highest BCUT2D eigenvalue weighted by molar-refractivity contribution is 7.07. The number of carbonyl (C=O) groups is 1. The van der Waals surface area contributed by atoms with Gasteiger partial charge in [-0.2, -0.15) is 0 Å². The van der Waals surface area contributed by atoms with Crippen LogP contribution < -0.4 is 29.3 Å². The fourth-order valence-corrected chi connectivity index (χ4v) is 4.24. The molecule has 154 valence electrons. The SMILES string of the molecule is COc1ccc(C=c2sc3n(c2=O)CN(c2ccc(C(C)=O)cc2)CN=3)cc1OC. The monoisotopic (exact) mass is 423 g/mol. The summed E-state index contributed by atoms with van der Waals surface area (Å²) in [5.41, 5.74) is 2.34. The van der Waals surface area contributed by atoms with Gasteiger partial charge in [0.25, 0.3) is 5.56 Å². The predicted octanol–water partition coefficient (Wildman–Crippen LogP) is 2.01. The van der Waals surface area contributed by atoms with E-state index in [2.05, 4.69) is 4.99 Å². The number of hydrogen-bond acceptors (Lipinski definition) is 7. The zero-order valence-electron chi connectivity index (χ0n) is 16.9. The molecule has 0 aliphatic carbocycles. The molecule has 0 unspecified atom stereocenters. The molecule has 7 nitrogen and oxygen atoms in total. The summed E-state index contributed by atoms with van der Waals surface area (Å²) in [6.45, 7) is 2.40. The lowest BCUT2D eigenvalue weighted by Gasteiger charge is -2.25. The summed E-state index contributed by atoms with van der Waals surface area (Å²) in [5, 5.41) is 0. The number of hydrogen-bond donors (Lipinski definition) is 0. The van der Waals surface area contributed by atoms with Crippen LogP contribution in [0.3, 0.4) is 0 Å². The van der Waals surface area contributed by atoms with E-state index in [-0.39, 0.29) is 11.3 Å². The summed E-state index contributed by atoms with van der Waals surface area (Å²) >= 11 is 1.37. The van der Waals surface area contributed by atoms with Gasteiger partial charge in [-0.3, -0.25) is 14.2 Å². The minimum Gasteiger partial charge on any atom is -0.493 e. The Morgan fingerprint density at radius 2 is 1.83 bits per heavy atom. The maximum Gasteiger partial charge on any atom is 0.271 e. The minimum absolute atomic E-state index is 0.0246. The second-order valence-electron chi connectivity index (χ2n) is 6.82. The van der Waals surface area contributed by atoms with Crippen LogP contribution in [0.4, 0.5) is 5.69 Å². The Kier molecular flexibility index (Phi) is 5.41. The molecule has 0 amide bonds. The normalized spacial score (nSPS) is 13.6. The number of fused-ring (bicyclic) bond motifs is 1. The van der Waals surface area contributed by atoms with Crippen LogP contribution in [0.2, 0.25) is 0 Å². The van der Waals surface area contributed by atoms with E-state index in [0.29, 0.717) is 39.7 Å². The zero-order valence-corrected chi connectivity index (χ0v) is 17.7. The Balaban J connectivity index is 1.65. The van der Waals surface area contributed by atoms with Crippen LogP contribution >= 0.6 is 11.3 Å². The molecule has 0 saturated heterocycles. The number of thiazole rings is 1. The average molecular weight is 423 g/mol. The highest BCUT2D eigenvalue weighted by atomic mass is 32.1. The summed E-state index contributed by atoms with van der Waals surface area (Å²) < 4.78 is 12.9. The van der Waals surface area contributed by atoms with Crippen LogP contribution in [0.5, 0.6) is 11.5 Å². The van der Waals surface area contributed by atoms with Crippen molar-refractivity contribution in [3.63, 3.8) is 0 Å². The number of nitrogens with zero attached hydrogens (tertiary/aromatic N) is 3. The number of carbonyl (C=O) groups excluding carboxylic acids is 1. The van der Waals surface area contributed by atoms with E-state index >= 15 is 0 Å². The van der Waals surface area contributed by atoms with Crippen LogP contribution in [0.25, 0.3) is 6.08 Å². The van der Waals surface area contributed by atoms with Gasteiger partial charge in [0.05, 0.1) is 18.8 Å². The highest BCUT2D eigenvalue weighted by Gasteiger charge is 2.16. The van der Waals surface area contributed by atoms with Gasteiger partial charge in [0.15, 0.2) is 22.1 Å². The van der Waals surface area contributed by atoms with Gasteiger partial charge in [-0.1, -0.05) is 17.4 Å². The van der Waals surface area contributed by atoms with Crippen molar-refractivity contribution in [2.45, 2.75) is 13.6 Å². The Morgan fingerprint density at radius 1 is 1.10 bits per heavy atom. The zero-order chi connectivity index (χ0) is 21.3. The summed E-state index contributed by atoms with van der Waals surface area (Å²) in [6.07, 6.45) is 1.84. The molecule has 30 heavy (non-hydrogen) atoms. The van der Waals surface area contributed by atoms with Crippen molar-refractivity contribution < 1.29 is 14.3 Å². The Bertz CT molecular complexity index is 1280. The number of anilines is 1. The lowest BCUT2D eigenvalue weighted by atomic mass is 10.1. The van der Waals surface area contributed by atoms with Crippen molar-refractivity contribution in [3.05, 3.63) is 73.3 Å². The first-order valence-corrected chi connectivity index (χ1v) is 10.2. The molecule has 0 radical (unpaired) electrons. The van der Waals surface area contributed by atoms with Gasteiger partial charge >= 0.3 is 0 Å². The van der Waals surface area contributed by atoms with E-state index < -0.39 is 0 Å². The second-order valence-corrected chi connectivity index (χ2v) is 7.83. The lowest BCUT2D eigenvalue weighted by Crippen LogP contribution is -2.42. The number of aromatic nitrogens is 1. The van der Waals surface area contributed by atoms with Crippen molar-refractivity contribution in [2.75, 3.05) is 25.8 Å². The average Bonchev–Trinajstić information content (AvgIpc) is 3.08. The molecule has 0 N–H and O–H groups in total. The quantitative estimate of drug-likeness (QED) is 0.587. The summed E-state index contributed by atoms with van der Waals surface area (Å²) in [6, 6.07) is 12.9. The Labute approximate surface area is 177 Å². The fourth-order valence-electron chi connectivity index (χ4n) is 3.28. The number of rotatable bonds is 5. The highest BCUT2D eigenvalue weighted by Crippen LogP contribution is 2.27. The van der Waals surface area contributed by atoms with Gasteiger partial charge in [-0.05, 0) is 55.0 Å². The van der Waals surface area contributed by atoms with E-state index in [0.717, 1.165) is 11.3 Å². The molecule has 0 bridgehead atoms. The molecule has 2 aromatic carbocycles. The van der Waals surface area contributed by atoms with E-state index in [9.17, 15) is 9.59 Å². The molecular weight excluding hydrogens is 402 g/mol. The summed E-state index contributed by atoms with van der Waals surface area (Å²) in [5.74, 6) is 1.27. The first-order chi connectivity index (χ1) is 14.5. The first-order valence-electron chi connectivity index (χ1n) is 9.34. The standard InChI is InChI=1S/C22H21N3O4S/c1-14(26)16-5-7-17(8-6-16)24-12-23-22-25(13-24)21(27)20(30-22)11-15-4-9-18(28-2)19(10-15)29-3/h4-11H,12-13H2,1-3H3. The van der Waals surface area contributed by atoms with Crippen LogP contribution in [-0.2, 0) is 6.67 Å². The fraction of sp³-hybridized carbons (Fsp3) is 0.227. The number of benzene rings is 2. The van der Waals surface area contributed by atoms with Crippen molar-refractivity contribution >= 4 is 28.9 Å². The molecule has 0 fully saturated rings. The van der Waals surface area contributed by atoms with Crippen LogP contribution in [0.1, 0.15) is 22.8 Å². The lowest BCUT2D eigenvalue weighted by molar-refractivity contribution is 0.101. The van der Waals surface area contributed by atoms with E-state index in [4.69, 9.17) is 9.47 Å². The van der Waals surface area contributed by atoms with Gasteiger partial charge in [0.1, 0.15) is 13.3 Å². The predicted molar refractivity (Wildman–Crippen MR) is 116 cm³/mol. The number of Topliss-reactive ketones (excluding diaryl/α,β-unsaturated/α-hetero) is 1. The Morgan fingerprint density at radius 3 is 2.50 bits per heavy atom. The molecule has 1 aromatic heterocycles. The topological polar surface area (TPSA) is 73.1 Å². The molecule has 8 heteroatoms. The van der Waals surface area contributed by atoms with E-state index in [1.54, 1.807) is 37.8 Å². The third-order valence-corrected chi connectivity index (χ3v) is 5.97. The van der Waals surface area contributed by atoms with Gasteiger partial charge in [-0.15, -0.1) is 0 Å².